The molecule has 31 heavy (non-hydrogen) atoms. The standard InChI is InChI=1S/C21H22ClFN4O3S/c1-20(2)19(24)27-21(11-31(20,29)30)7-3-4-12-5-6-14(9-15(12)21)26-18(28)17-16(23)8-13(22)10-25-17/h5-6,8-10H,3-4,7,11H2,1-2H3,(H2,24,27)(H,26,28)/t21-/m0/s1. The fourth-order valence-electron chi connectivity index (χ4n) is 4.17. The van der Waals surface area contributed by atoms with Gasteiger partial charge in [0.05, 0.1) is 16.3 Å². The SMILES string of the molecule is CC1(C)C(=N)N[C@@]2(CCCc3ccc(NC(=O)c4ncc(Cl)cc4F)cc32)CS1(=O)=O. The van der Waals surface area contributed by atoms with Crippen LogP contribution in [0.4, 0.5) is 10.1 Å². The van der Waals surface area contributed by atoms with Crippen LogP contribution in [0.3, 0.4) is 0 Å². The third kappa shape index (κ3) is 3.59. The van der Waals surface area contributed by atoms with E-state index in [1.165, 1.54) is 20.0 Å². The van der Waals surface area contributed by atoms with Gasteiger partial charge in [-0.15, -0.1) is 0 Å². The fourth-order valence-corrected chi connectivity index (χ4v) is 6.06. The van der Waals surface area contributed by atoms with Crippen molar-refractivity contribution >= 4 is 38.9 Å². The number of nitrogens with zero attached hydrogens (tertiary/aromatic N) is 1. The molecule has 3 N–H and O–H groups in total. The van der Waals surface area contributed by atoms with E-state index in [0.717, 1.165) is 30.0 Å². The first-order chi connectivity index (χ1) is 14.4. The Hall–Kier alpha value is -2.52. The first-order valence-corrected chi connectivity index (χ1v) is 11.8. The van der Waals surface area contributed by atoms with Gasteiger partial charge in [-0.05, 0) is 62.4 Å². The number of aromatic nitrogens is 1. The lowest BCUT2D eigenvalue weighted by molar-refractivity contribution is 0.101. The molecule has 1 amide bonds. The third-order valence-electron chi connectivity index (χ3n) is 6.14. The van der Waals surface area contributed by atoms with Gasteiger partial charge >= 0.3 is 0 Å². The summed E-state index contributed by atoms with van der Waals surface area (Å²) >= 11 is 5.69. The third-order valence-corrected chi connectivity index (χ3v) is 8.97. The van der Waals surface area contributed by atoms with Crippen LogP contribution in [-0.2, 0) is 21.8 Å². The molecule has 10 heteroatoms. The monoisotopic (exact) mass is 464 g/mol. The van der Waals surface area contributed by atoms with E-state index in [9.17, 15) is 17.6 Å². The number of sulfone groups is 1. The second kappa shape index (κ2) is 7.27. The molecule has 1 aromatic heterocycles. The Balaban J connectivity index is 1.70. The smallest absolute Gasteiger partial charge is 0.277 e. The largest absolute Gasteiger partial charge is 0.362 e. The van der Waals surface area contributed by atoms with Crippen LogP contribution in [0.15, 0.2) is 30.5 Å². The molecule has 0 saturated carbocycles. The topological polar surface area (TPSA) is 112 Å². The highest BCUT2D eigenvalue weighted by atomic mass is 35.5. The number of benzene rings is 1. The molecule has 7 nitrogen and oxygen atoms in total. The fraction of sp³-hybridized carbons (Fsp3) is 0.381. The summed E-state index contributed by atoms with van der Waals surface area (Å²) in [6.45, 7) is 3.05. The summed E-state index contributed by atoms with van der Waals surface area (Å²) in [6, 6.07) is 6.23. The summed E-state index contributed by atoms with van der Waals surface area (Å²) < 4.78 is 38.8. The molecule has 1 saturated heterocycles. The maximum atomic E-state index is 14.1. The van der Waals surface area contributed by atoms with Crippen LogP contribution in [0.25, 0.3) is 0 Å². The molecule has 164 valence electrons. The number of halogens is 2. The van der Waals surface area contributed by atoms with E-state index in [1.807, 2.05) is 6.07 Å². The number of pyridine rings is 1. The van der Waals surface area contributed by atoms with Crippen LogP contribution in [0.2, 0.25) is 5.02 Å². The molecule has 1 aromatic carbocycles. The van der Waals surface area contributed by atoms with Gasteiger partial charge in [-0.3, -0.25) is 10.2 Å². The second-order valence-corrected chi connectivity index (χ2v) is 11.5. The Labute approximate surface area is 184 Å². The molecule has 1 aliphatic heterocycles. The Morgan fingerprint density at radius 2 is 2.06 bits per heavy atom. The summed E-state index contributed by atoms with van der Waals surface area (Å²) in [7, 11) is -3.60. The number of amidine groups is 1. The number of amides is 1. The van der Waals surface area contributed by atoms with Crippen molar-refractivity contribution < 1.29 is 17.6 Å². The van der Waals surface area contributed by atoms with Crippen molar-refractivity contribution in [2.24, 2.45) is 0 Å². The van der Waals surface area contributed by atoms with Crippen molar-refractivity contribution in [3.05, 3.63) is 58.1 Å². The van der Waals surface area contributed by atoms with Crippen LogP contribution in [-0.4, -0.2) is 35.6 Å². The van der Waals surface area contributed by atoms with Gasteiger partial charge in [0.2, 0.25) is 0 Å². The predicted molar refractivity (Wildman–Crippen MR) is 117 cm³/mol. The molecule has 1 fully saturated rings. The van der Waals surface area contributed by atoms with Gasteiger partial charge in [0.1, 0.15) is 10.6 Å². The van der Waals surface area contributed by atoms with Gasteiger partial charge < -0.3 is 10.6 Å². The van der Waals surface area contributed by atoms with Gasteiger partial charge in [-0.2, -0.15) is 0 Å². The number of aryl methyl sites for hydroxylation is 1. The van der Waals surface area contributed by atoms with Crippen LogP contribution in [0.5, 0.6) is 0 Å². The Bertz CT molecular complexity index is 1220. The lowest BCUT2D eigenvalue weighted by atomic mass is 9.76. The van der Waals surface area contributed by atoms with Crippen molar-refractivity contribution in [1.29, 1.82) is 5.41 Å². The van der Waals surface area contributed by atoms with Crippen molar-refractivity contribution in [2.75, 3.05) is 11.1 Å². The molecule has 1 atom stereocenters. The predicted octanol–water partition coefficient (Wildman–Crippen LogP) is 3.43. The molecule has 2 aromatic rings. The lowest BCUT2D eigenvalue weighted by Gasteiger charge is -2.47. The summed E-state index contributed by atoms with van der Waals surface area (Å²) in [5, 5.41) is 14.2. The number of anilines is 1. The van der Waals surface area contributed by atoms with Gasteiger partial charge in [0.15, 0.2) is 21.3 Å². The summed E-state index contributed by atoms with van der Waals surface area (Å²) in [4.78, 5) is 16.3. The number of hydrogen-bond donors (Lipinski definition) is 3. The molecule has 1 aliphatic carbocycles. The van der Waals surface area contributed by atoms with Crippen LogP contribution < -0.4 is 10.6 Å². The van der Waals surface area contributed by atoms with E-state index >= 15 is 0 Å². The molecule has 2 aliphatic rings. The summed E-state index contributed by atoms with van der Waals surface area (Å²) in [5.41, 5.74) is 0.736. The number of fused-ring (bicyclic) bond motifs is 2. The quantitative estimate of drug-likeness (QED) is 0.630. The maximum Gasteiger partial charge on any atom is 0.277 e. The average molecular weight is 465 g/mol. The minimum atomic E-state index is -3.60. The van der Waals surface area contributed by atoms with Crippen molar-refractivity contribution in [2.45, 2.75) is 43.4 Å². The molecule has 2 heterocycles. The van der Waals surface area contributed by atoms with E-state index in [1.54, 1.807) is 12.1 Å². The van der Waals surface area contributed by atoms with E-state index < -0.39 is 37.5 Å². The number of carbonyl (C=O) groups excluding carboxylic acids is 1. The van der Waals surface area contributed by atoms with Gasteiger partial charge in [-0.25, -0.2) is 17.8 Å². The highest BCUT2D eigenvalue weighted by molar-refractivity contribution is 7.93. The average Bonchev–Trinajstić information content (AvgIpc) is 2.67. The Morgan fingerprint density at radius 3 is 2.74 bits per heavy atom. The Kier molecular flexibility index (Phi) is 5.09. The molecule has 0 radical (unpaired) electrons. The first-order valence-electron chi connectivity index (χ1n) is 9.80. The van der Waals surface area contributed by atoms with E-state index in [0.29, 0.717) is 12.1 Å². The summed E-state index contributed by atoms with van der Waals surface area (Å²) in [5.74, 6) is -1.77. The normalized spacial score (nSPS) is 23.7. The van der Waals surface area contributed by atoms with Crippen molar-refractivity contribution in [3.8, 4) is 0 Å². The lowest BCUT2D eigenvalue weighted by Crippen LogP contribution is -2.65. The highest BCUT2D eigenvalue weighted by Gasteiger charge is 2.53. The maximum absolute atomic E-state index is 14.1. The first kappa shape index (κ1) is 21.7. The zero-order valence-corrected chi connectivity index (χ0v) is 18.6. The molecular formula is C21H22ClFN4O3S. The Morgan fingerprint density at radius 1 is 1.32 bits per heavy atom. The van der Waals surface area contributed by atoms with E-state index in [-0.39, 0.29) is 16.6 Å². The molecule has 4 rings (SSSR count). The number of nitrogens with one attached hydrogen (secondary N) is 3. The van der Waals surface area contributed by atoms with Gasteiger partial charge in [0, 0.05) is 11.9 Å². The highest BCUT2D eigenvalue weighted by Crippen LogP contribution is 2.42. The second-order valence-electron chi connectivity index (χ2n) is 8.52. The molecule has 0 unspecified atom stereocenters. The van der Waals surface area contributed by atoms with Crippen molar-refractivity contribution in [3.63, 3.8) is 0 Å². The van der Waals surface area contributed by atoms with Gasteiger partial charge in [0.25, 0.3) is 5.91 Å². The zero-order valence-electron chi connectivity index (χ0n) is 17.1. The van der Waals surface area contributed by atoms with Crippen LogP contribution in [0.1, 0.15) is 48.3 Å². The number of rotatable bonds is 2. The van der Waals surface area contributed by atoms with Crippen LogP contribution in [0, 0.1) is 11.2 Å². The van der Waals surface area contributed by atoms with E-state index in [2.05, 4.69) is 15.6 Å². The van der Waals surface area contributed by atoms with Crippen molar-refractivity contribution in [1.82, 2.24) is 10.3 Å². The van der Waals surface area contributed by atoms with Gasteiger partial charge in [-0.1, -0.05) is 17.7 Å². The zero-order chi connectivity index (χ0) is 22.6. The molecule has 1 spiro atoms. The van der Waals surface area contributed by atoms with E-state index in [4.69, 9.17) is 17.0 Å². The van der Waals surface area contributed by atoms with Crippen LogP contribution >= 0.6 is 11.6 Å². The minimum absolute atomic E-state index is 0.0477. The molecular weight excluding hydrogens is 443 g/mol. The molecule has 0 bridgehead atoms. The summed E-state index contributed by atoms with van der Waals surface area (Å²) in [6.07, 6.45) is 3.26. The number of hydrogen-bond acceptors (Lipinski definition) is 5. The number of carbonyl (C=O) groups is 1. The minimum Gasteiger partial charge on any atom is -0.362 e.